The van der Waals surface area contributed by atoms with Gasteiger partial charge in [0.15, 0.2) is 6.61 Å². The van der Waals surface area contributed by atoms with Crippen LogP contribution in [0.3, 0.4) is 0 Å². The van der Waals surface area contributed by atoms with E-state index in [-0.39, 0.29) is 46.9 Å². The van der Waals surface area contributed by atoms with Crippen molar-refractivity contribution in [3.8, 4) is 0 Å². The molecule has 2 saturated heterocycles. The SMILES string of the molecule is C.C.FCCOCC1CO1.FOCC(F)(F)OCCOCC1CO1. The molecule has 2 unspecified atom stereocenters. The average molecular weight is 368 g/mol. The Labute approximate surface area is 140 Å². The summed E-state index contributed by atoms with van der Waals surface area (Å²) in [5, 5.41) is 0. The second-order valence-corrected chi connectivity index (χ2v) is 4.49. The number of hydrogen-bond donors (Lipinski definition) is 0. The molecule has 10 heteroatoms. The summed E-state index contributed by atoms with van der Waals surface area (Å²) in [6.07, 6.45) is -3.25. The van der Waals surface area contributed by atoms with E-state index in [9.17, 15) is 17.7 Å². The van der Waals surface area contributed by atoms with Crippen LogP contribution in [0.25, 0.3) is 0 Å². The Morgan fingerprint density at radius 1 is 0.917 bits per heavy atom. The molecule has 0 N–H and O–H groups in total. The second kappa shape index (κ2) is 14.8. The van der Waals surface area contributed by atoms with E-state index in [0.717, 1.165) is 6.61 Å². The lowest BCUT2D eigenvalue weighted by molar-refractivity contribution is -0.305. The number of ether oxygens (including phenoxy) is 5. The maximum Gasteiger partial charge on any atom is 0.382 e. The molecule has 2 fully saturated rings. The predicted octanol–water partition coefficient (Wildman–Crippen LogP) is 2.56. The van der Waals surface area contributed by atoms with Crippen molar-refractivity contribution in [3.63, 3.8) is 0 Å². The molecule has 0 aromatic rings. The lowest BCUT2D eigenvalue weighted by Gasteiger charge is -2.13. The van der Waals surface area contributed by atoms with Crippen LogP contribution in [0.5, 0.6) is 0 Å². The van der Waals surface area contributed by atoms with Gasteiger partial charge in [-0.25, -0.2) is 4.39 Å². The van der Waals surface area contributed by atoms with Crippen LogP contribution in [-0.4, -0.2) is 77.8 Å². The normalized spacial score (nSPS) is 21.0. The van der Waals surface area contributed by atoms with E-state index < -0.39 is 19.4 Å². The minimum Gasteiger partial charge on any atom is -0.376 e. The van der Waals surface area contributed by atoms with Crippen molar-refractivity contribution in [2.75, 3.05) is 59.5 Å². The number of alkyl halides is 3. The Balaban J connectivity index is 0. The zero-order valence-corrected chi connectivity index (χ0v) is 12.0. The van der Waals surface area contributed by atoms with Crippen LogP contribution in [0.4, 0.5) is 17.7 Å². The standard InChI is InChI=1S/C7H11F3O4.C5H9FO2.2CH4/c8-7(9,5-14-10)13-2-1-11-3-6-4-12-6;6-1-2-7-3-5-4-8-5;;/h6H,1-5H2;5H,1-4H2;2*1H4. The van der Waals surface area contributed by atoms with Crippen molar-refractivity contribution in [2.45, 2.75) is 33.2 Å². The van der Waals surface area contributed by atoms with E-state index in [4.69, 9.17) is 18.9 Å². The molecule has 2 heterocycles. The molecule has 2 aliphatic rings. The van der Waals surface area contributed by atoms with Gasteiger partial charge < -0.3 is 23.7 Å². The van der Waals surface area contributed by atoms with Gasteiger partial charge >= 0.3 is 6.11 Å². The van der Waals surface area contributed by atoms with Crippen LogP contribution in [0.1, 0.15) is 14.9 Å². The zero-order chi connectivity index (χ0) is 16.3. The van der Waals surface area contributed by atoms with Crippen molar-refractivity contribution >= 4 is 0 Å². The van der Waals surface area contributed by atoms with Crippen molar-refractivity contribution in [1.82, 2.24) is 0 Å². The molecular formula is C14H28F4O6. The van der Waals surface area contributed by atoms with Crippen LogP contribution in [0, 0.1) is 0 Å². The molecule has 0 aromatic carbocycles. The third kappa shape index (κ3) is 16.3. The van der Waals surface area contributed by atoms with Gasteiger partial charge in [-0.2, -0.15) is 13.7 Å². The quantitative estimate of drug-likeness (QED) is 0.300. The van der Waals surface area contributed by atoms with Gasteiger partial charge in [0.2, 0.25) is 0 Å². The molecular weight excluding hydrogens is 340 g/mol. The summed E-state index contributed by atoms with van der Waals surface area (Å²) in [7, 11) is 0. The fraction of sp³-hybridized carbons (Fsp3) is 1.00. The Morgan fingerprint density at radius 2 is 1.42 bits per heavy atom. The van der Waals surface area contributed by atoms with Crippen molar-refractivity contribution < 1.29 is 46.3 Å². The molecule has 0 spiro atoms. The first kappa shape index (κ1) is 25.7. The molecule has 0 aliphatic carbocycles. The van der Waals surface area contributed by atoms with Gasteiger partial charge in [0.05, 0.1) is 46.2 Å². The molecule has 148 valence electrons. The van der Waals surface area contributed by atoms with Crippen molar-refractivity contribution in [3.05, 3.63) is 0 Å². The molecule has 2 rings (SSSR count). The summed E-state index contributed by atoms with van der Waals surface area (Å²) in [4.78, 5) is 2.78. The molecule has 2 atom stereocenters. The van der Waals surface area contributed by atoms with E-state index in [0.29, 0.717) is 19.8 Å². The molecule has 0 saturated carbocycles. The minimum absolute atomic E-state index is 0. The van der Waals surface area contributed by atoms with Crippen LogP contribution in [0.2, 0.25) is 0 Å². The lowest BCUT2D eigenvalue weighted by Crippen LogP contribution is -2.28. The summed E-state index contributed by atoms with van der Waals surface area (Å²) in [5.41, 5.74) is 0. The molecule has 0 radical (unpaired) electrons. The first-order valence-electron chi connectivity index (χ1n) is 6.77. The summed E-state index contributed by atoms with van der Waals surface area (Å²) >= 11 is 0. The topological polar surface area (TPSA) is 62.0 Å². The van der Waals surface area contributed by atoms with Crippen molar-refractivity contribution in [1.29, 1.82) is 0 Å². The molecule has 0 amide bonds. The maximum atomic E-state index is 12.4. The van der Waals surface area contributed by atoms with E-state index >= 15 is 0 Å². The molecule has 0 bridgehead atoms. The fourth-order valence-electron chi connectivity index (χ4n) is 1.17. The van der Waals surface area contributed by atoms with Gasteiger partial charge in [-0.05, 0) is 4.53 Å². The van der Waals surface area contributed by atoms with Gasteiger partial charge in [-0.15, -0.1) is 0 Å². The van der Waals surface area contributed by atoms with Gasteiger partial charge in [0.25, 0.3) is 0 Å². The average Bonchev–Trinajstić information content (AvgIpc) is 3.34. The predicted molar refractivity (Wildman–Crippen MR) is 78.5 cm³/mol. The number of hydrogen-bond acceptors (Lipinski definition) is 6. The largest absolute Gasteiger partial charge is 0.382 e. The van der Waals surface area contributed by atoms with Crippen LogP contribution in [-0.2, 0) is 28.6 Å². The number of rotatable bonds is 12. The molecule has 0 aromatic heterocycles. The highest BCUT2D eigenvalue weighted by atomic mass is 19.3. The summed E-state index contributed by atoms with van der Waals surface area (Å²) in [5.74, 6) is 0. The smallest absolute Gasteiger partial charge is 0.376 e. The maximum absolute atomic E-state index is 12.4. The highest BCUT2D eigenvalue weighted by Crippen LogP contribution is 2.15. The summed E-state index contributed by atoms with van der Waals surface area (Å²) in [6, 6.07) is 0. The minimum atomic E-state index is -3.60. The van der Waals surface area contributed by atoms with Gasteiger partial charge in [0, 0.05) is 0 Å². The van der Waals surface area contributed by atoms with Gasteiger partial charge in [0.1, 0.15) is 18.9 Å². The van der Waals surface area contributed by atoms with E-state index in [1.165, 1.54) is 0 Å². The highest BCUT2D eigenvalue weighted by Gasteiger charge is 2.31. The third-order valence-corrected chi connectivity index (χ3v) is 2.40. The fourth-order valence-corrected chi connectivity index (χ4v) is 1.17. The summed E-state index contributed by atoms with van der Waals surface area (Å²) in [6.45, 7) is 0.466. The monoisotopic (exact) mass is 368 g/mol. The summed E-state index contributed by atoms with van der Waals surface area (Å²) < 4.78 is 70.4. The highest BCUT2D eigenvalue weighted by molar-refractivity contribution is 4.67. The molecule has 6 nitrogen and oxygen atoms in total. The van der Waals surface area contributed by atoms with E-state index in [1.54, 1.807) is 0 Å². The molecule has 24 heavy (non-hydrogen) atoms. The van der Waals surface area contributed by atoms with E-state index in [1.807, 2.05) is 0 Å². The first-order chi connectivity index (χ1) is 10.6. The Bertz CT molecular complexity index is 278. The third-order valence-electron chi connectivity index (χ3n) is 2.40. The van der Waals surface area contributed by atoms with Gasteiger partial charge in [-0.3, -0.25) is 0 Å². The van der Waals surface area contributed by atoms with Crippen LogP contribution in [0.15, 0.2) is 0 Å². The second-order valence-electron chi connectivity index (χ2n) is 4.49. The Morgan fingerprint density at radius 3 is 1.83 bits per heavy atom. The number of halogens is 4. The van der Waals surface area contributed by atoms with E-state index in [2.05, 4.69) is 9.68 Å². The van der Waals surface area contributed by atoms with Crippen LogP contribution < -0.4 is 0 Å². The first-order valence-corrected chi connectivity index (χ1v) is 6.77. The molecule has 2 aliphatic heterocycles. The van der Waals surface area contributed by atoms with Crippen LogP contribution >= 0.6 is 0 Å². The number of epoxide rings is 2. The Hall–Kier alpha value is -0.520. The van der Waals surface area contributed by atoms with Gasteiger partial charge in [-0.1, -0.05) is 14.9 Å². The lowest BCUT2D eigenvalue weighted by atomic mass is 10.5. The zero-order valence-electron chi connectivity index (χ0n) is 12.0. The van der Waals surface area contributed by atoms with Crippen molar-refractivity contribution in [2.24, 2.45) is 0 Å². The Kier molecular flexibility index (Phi) is 15.9.